The molecule has 4 heterocycles. The van der Waals surface area contributed by atoms with Gasteiger partial charge in [-0.15, -0.1) is 0 Å². The fraction of sp³-hybridized carbons (Fsp3) is 0.160. The van der Waals surface area contributed by atoms with Crippen molar-refractivity contribution < 1.29 is 8.42 Å². The van der Waals surface area contributed by atoms with E-state index in [1.807, 2.05) is 48.7 Å². The summed E-state index contributed by atoms with van der Waals surface area (Å²) in [6.45, 7) is 2.06. The Balaban J connectivity index is 1.63. The van der Waals surface area contributed by atoms with E-state index in [4.69, 9.17) is 12.2 Å². The first-order valence-corrected chi connectivity index (χ1v) is 13.3. The molecule has 1 aliphatic rings. The average Bonchev–Trinajstić information content (AvgIpc) is 3.39. The largest absolute Gasteiger partial charge is 0.351 e. The van der Waals surface area contributed by atoms with Crippen molar-refractivity contribution in [2.75, 3.05) is 15.9 Å². The fourth-order valence-electron chi connectivity index (χ4n) is 4.47. The van der Waals surface area contributed by atoms with Gasteiger partial charge in [0.1, 0.15) is 6.04 Å². The Kier molecular flexibility index (Phi) is 6.00. The zero-order valence-corrected chi connectivity index (χ0v) is 20.8. The van der Waals surface area contributed by atoms with Gasteiger partial charge in [0.25, 0.3) is 0 Å². The summed E-state index contributed by atoms with van der Waals surface area (Å²) in [5.41, 5.74) is 5.24. The molecule has 0 spiro atoms. The van der Waals surface area contributed by atoms with Gasteiger partial charge in [0.05, 0.1) is 29.9 Å². The van der Waals surface area contributed by atoms with Crippen LogP contribution < -0.4 is 14.9 Å². The van der Waals surface area contributed by atoms with Crippen LogP contribution in [0.4, 0.5) is 11.4 Å². The maximum Gasteiger partial charge on any atom is 0.229 e. The minimum Gasteiger partial charge on any atom is -0.351 e. The molecule has 8 nitrogen and oxygen atoms in total. The number of nitrogens with one attached hydrogen (secondary N) is 2. The molecule has 0 bridgehead atoms. The lowest BCUT2D eigenvalue weighted by Gasteiger charge is -2.29. The number of nitrogens with zero attached hydrogens (tertiary/aromatic N) is 4. The van der Waals surface area contributed by atoms with Crippen molar-refractivity contribution in [3.8, 4) is 5.69 Å². The zero-order chi connectivity index (χ0) is 24.6. The van der Waals surface area contributed by atoms with Gasteiger partial charge < -0.3 is 14.8 Å². The molecule has 178 valence electrons. The Labute approximate surface area is 209 Å². The summed E-state index contributed by atoms with van der Waals surface area (Å²) in [6.07, 6.45) is 6.49. The number of anilines is 2. The van der Waals surface area contributed by atoms with Crippen LogP contribution in [0.25, 0.3) is 5.69 Å². The molecule has 35 heavy (non-hydrogen) atoms. The molecule has 0 radical (unpaired) electrons. The number of aromatic nitrogens is 3. The highest BCUT2D eigenvalue weighted by Gasteiger charge is 2.42. The van der Waals surface area contributed by atoms with Crippen molar-refractivity contribution in [3.05, 3.63) is 102 Å². The van der Waals surface area contributed by atoms with Gasteiger partial charge in [0, 0.05) is 35.2 Å². The number of hydrogen-bond acceptors (Lipinski definition) is 5. The SMILES string of the molecule is Cc1ccc([C@H]2[C@@H](c3ccccn3)NC(=S)N2c2ccc(NS(C)(=O)=O)cc2)n1-c1cccnc1. The van der Waals surface area contributed by atoms with Crippen molar-refractivity contribution >= 4 is 38.7 Å². The second-order valence-electron chi connectivity index (χ2n) is 8.36. The predicted molar refractivity (Wildman–Crippen MR) is 141 cm³/mol. The number of benzene rings is 1. The van der Waals surface area contributed by atoms with Crippen LogP contribution in [0, 0.1) is 6.92 Å². The Hall–Kier alpha value is -3.76. The molecule has 0 amide bonds. The van der Waals surface area contributed by atoms with Gasteiger partial charge >= 0.3 is 0 Å². The Morgan fingerprint density at radius 2 is 1.77 bits per heavy atom. The van der Waals surface area contributed by atoms with Crippen molar-refractivity contribution in [2.45, 2.75) is 19.0 Å². The van der Waals surface area contributed by atoms with Crippen molar-refractivity contribution in [3.63, 3.8) is 0 Å². The number of thiocarbonyl (C=S) groups is 1. The lowest BCUT2D eigenvalue weighted by molar-refractivity contribution is 0.548. The van der Waals surface area contributed by atoms with Crippen molar-refractivity contribution in [1.29, 1.82) is 0 Å². The average molecular weight is 505 g/mol. The first kappa shape index (κ1) is 23.0. The van der Waals surface area contributed by atoms with E-state index in [1.165, 1.54) is 0 Å². The summed E-state index contributed by atoms with van der Waals surface area (Å²) in [4.78, 5) is 11.0. The standard InChI is InChI=1S/C25H24N6O2S2/c1-17-8-13-22(30(17)20-6-5-14-26-16-20)24-23(21-7-3-4-15-27-21)28-25(34)31(24)19-11-9-18(10-12-19)29-35(2,32)33/h3-16,23-24,29H,1-2H3,(H,28,34)/t23-,24+/m1/s1. The molecule has 0 unspecified atom stereocenters. The molecule has 5 rings (SSSR count). The summed E-state index contributed by atoms with van der Waals surface area (Å²) in [7, 11) is -3.37. The fourth-order valence-corrected chi connectivity index (χ4v) is 5.38. The van der Waals surface area contributed by atoms with Gasteiger partial charge in [0.15, 0.2) is 5.11 Å². The first-order chi connectivity index (χ1) is 16.8. The van der Waals surface area contributed by atoms with Gasteiger partial charge in [-0.1, -0.05) is 6.07 Å². The smallest absolute Gasteiger partial charge is 0.229 e. The predicted octanol–water partition coefficient (Wildman–Crippen LogP) is 4.12. The van der Waals surface area contributed by atoms with E-state index < -0.39 is 10.0 Å². The number of aryl methyl sites for hydroxylation is 1. The third-order valence-corrected chi connectivity index (χ3v) is 6.78. The minimum atomic E-state index is -3.37. The van der Waals surface area contributed by atoms with Crippen molar-refractivity contribution in [2.24, 2.45) is 0 Å². The highest BCUT2D eigenvalue weighted by Crippen LogP contribution is 2.42. The highest BCUT2D eigenvalue weighted by molar-refractivity contribution is 7.92. The molecule has 1 aromatic carbocycles. The van der Waals surface area contributed by atoms with Crippen LogP contribution in [0.15, 0.2) is 85.3 Å². The van der Waals surface area contributed by atoms with Crippen LogP contribution in [0.5, 0.6) is 0 Å². The second kappa shape index (κ2) is 9.12. The molecule has 2 N–H and O–H groups in total. The summed E-state index contributed by atoms with van der Waals surface area (Å²) < 4.78 is 28.0. The zero-order valence-electron chi connectivity index (χ0n) is 19.2. The quantitative estimate of drug-likeness (QED) is 0.382. The van der Waals surface area contributed by atoms with Crippen LogP contribution in [-0.2, 0) is 10.0 Å². The van der Waals surface area contributed by atoms with E-state index in [0.29, 0.717) is 10.8 Å². The number of rotatable bonds is 6. The molecule has 0 aliphatic carbocycles. The lowest BCUT2D eigenvalue weighted by atomic mass is 10.0. The van der Waals surface area contributed by atoms with E-state index in [0.717, 1.165) is 34.7 Å². The van der Waals surface area contributed by atoms with E-state index >= 15 is 0 Å². The summed E-state index contributed by atoms with van der Waals surface area (Å²) in [5, 5.41) is 4.02. The van der Waals surface area contributed by atoms with Crippen LogP contribution in [0.3, 0.4) is 0 Å². The second-order valence-corrected chi connectivity index (χ2v) is 10.5. The van der Waals surface area contributed by atoms with Crippen LogP contribution in [-0.4, -0.2) is 34.3 Å². The molecule has 2 atom stereocenters. The lowest BCUT2D eigenvalue weighted by Crippen LogP contribution is -2.30. The molecule has 0 saturated carbocycles. The molecule has 4 aromatic rings. The molecule has 1 fully saturated rings. The van der Waals surface area contributed by atoms with Crippen LogP contribution in [0.2, 0.25) is 0 Å². The molecule has 1 aliphatic heterocycles. The maximum absolute atomic E-state index is 11.6. The maximum atomic E-state index is 11.6. The summed E-state index contributed by atoms with van der Waals surface area (Å²) in [6, 6.07) is 20.7. The Morgan fingerprint density at radius 1 is 0.971 bits per heavy atom. The molecule has 1 saturated heterocycles. The third kappa shape index (κ3) is 4.62. The molecule has 10 heteroatoms. The van der Waals surface area contributed by atoms with Gasteiger partial charge in [-0.05, 0) is 79.8 Å². The van der Waals surface area contributed by atoms with E-state index in [-0.39, 0.29) is 12.1 Å². The number of pyridine rings is 2. The summed E-state index contributed by atoms with van der Waals surface area (Å²) >= 11 is 5.82. The minimum absolute atomic E-state index is 0.206. The Morgan fingerprint density at radius 3 is 2.43 bits per heavy atom. The van der Waals surface area contributed by atoms with Gasteiger partial charge in [-0.3, -0.25) is 14.7 Å². The highest BCUT2D eigenvalue weighted by atomic mass is 32.2. The summed E-state index contributed by atoms with van der Waals surface area (Å²) in [5.74, 6) is 0. The molecular formula is C25H24N6O2S2. The number of hydrogen-bond donors (Lipinski definition) is 2. The third-order valence-electron chi connectivity index (χ3n) is 5.86. The topological polar surface area (TPSA) is 92.2 Å². The number of sulfonamides is 1. The van der Waals surface area contributed by atoms with E-state index in [2.05, 4.69) is 48.5 Å². The van der Waals surface area contributed by atoms with Gasteiger partial charge in [0.2, 0.25) is 10.0 Å². The van der Waals surface area contributed by atoms with Gasteiger partial charge in [-0.25, -0.2) is 8.42 Å². The van der Waals surface area contributed by atoms with E-state index in [9.17, 15) is 8.42 Å². The first-order valence-electron chi connectivity index (χ1n) is 11.0. The van der Waals surface area contributed by atoms with Gasteiger partial charge in [-0.2, -0.15) is 0 Å². The monoisotopic (exact) mass is 504 g/mol. The van der Waals surface area contributed by atoms with Crippen LogP contribution in [0.1, 0.15) is 29.2 Å². The van der Waals surface area contributed by atoms with E-state index in [1.54, 1.807) is 24.5 Å². The Bertz CT molecular complexity index is 1460. The normalized spacial score (nSPS) is 17.9. The van der Waals surface area contributed by atoms with Crippen molar-refractivity contribution in [1.82, 2.24) is 19.9 Å². The molecule has 3 aromatic heterocycles. The molecular weight excluding hydrogens is 480 g/mol. The van der Waals surface area contributed by atoms with Crippen LogP contribution >= 0.6 is 12.2 Å².